The molecular weight excluding hydrogens is 262 g/mol. The third-order valence-corrected chi connectivity index (χ3v) is 4.61. The Morgan fingerprint density at radius 3 is 2.38 bits per heavy atom. The van der Waals surface area contributed by atoms with E-state index < -0.39 is 0 Å². The molecule has 116 valence electrons. The van der Waals surface area contributed by atoms with E-state index >= 15 is 0 Å². The van der Waals surface area contributed by atoms with Crippen LogP contribution in [0.25, 0.3) is 0 Å². The number of hydrogen-bond donors (Lipinski definition) is 1. The molecule has 1 aliphatic rings. The van der Waals surface area contributed by atoms with E-state index in [2.05, 4.69) is 12.2 Å². The molecule has 2 rings (SSSR count). The molecule has 0 unspecified atom stereocenters. The topological polar surface area (TPSA) is 38.3 Å². The van der Waals surface area contributed by atoms with E-state index in [1.54, 1.807) is 0 Å². The number of rotatable bonds is 5. The first-order valence-electron chi connectivity index (χ1n) is 8.11. The predicted molar refractivity (Wildman–Crippen MR) is 85.3 cm³/mol. The van der Waals surface area contributed by atoms with Crippen LogP contribution in [0.15, 0.2) is 24.3 Å². The Morgan fingerprint density at radius 2 is 1.81 bits per heavy atom. The van der Waals surface area contributed by atoms with Gasteiger partial charge in [-0.05, 0) is 43.4 Å². The molecule has 1 saturated carbocycles. The summed E-state index contributed by atoms with van der Waals surface area (Å²) in [5, 5.41) is 3.64. The fraction of sp³-hybridized carbons (Fsp3) is 0.611. The summed E-state index contributed by atoms with van der Waals surface area (Å²) >= 11 is 0. The minimum absolute atomic E-state index is 0.277. The molecule has 0 aliphatic heterocycles. The van der Waals surface area contributed by atoms with Crippen LogP contribution in [-0.4, -0.2) is 19.1 Å². The molecule has 1 atom stereocenters. The van der Waals surface area contributed by atoms with Crippen LogP contribution >= 0.6 is 0 Å². The van der Waals surface area contributed by atoms with E-state index in [0.717, 1.165) is 12.5 Å². The zero-order valence-corrected chi connectivity index (χ0v) is 13.2. The van der Waals surface area contributed by atoms with Crippen molar-refractivity contribution in [2.45, 2.75) is 58.0 Å². The number of esters is 1. The van der Waals surface area contributed by atoms with Gasteiger partial charge in [0.05, 0.1) is 12.7 Å². The monoisotopic (exact) mass is 289 g/mol. The number of carbonyl (C=O) groups is 1. The van der Waals surface area contributed by atoms with Crippen LogP contribution in [-0.2, 0) is 11.3 Å². The van der Waals surface area contributed by atoms with Crippen LogP contribution in [0.5, 0.6) is 0 Å². The molecule has 3 nitrogen and oxygen atoms in total. The lowest BCUT2D eigenvalue weighted by molar-refractivity contribution is 0.0600. The summed E-state index contributed by atoms with van der Waals surface area (Å²) in [5.41, 5.74) is 1.82. The molecule has 0 heterocycles. The molecule has 3 heteroatoms. The van der Waals surface area contributed by atoms with Crippen LogP contribution in [0.1, 0.15) is 61.4 Å². The Hall–Kier alpha value is -1.35. The van der Waals surface area contributed by atoms with Crippen molar-refractivity contribution in [3.8, 4) is 0 Å². The van der Waals surface area contributed by atoms with Crippen LogP contribution in [0.2, 0.25) is 0 Å². The minimum atomic E-state index is -0.277. The molecule has 1 fully saturated rings. The Labute approximate surface area is 128 Å². The largest absolute Gasteiger partial charge is 0.465 e. The number of ether oxygens (including phenoxy) is 1. The van der Waals surface area contributed by atoms with Gasteiger partial charge < -0.3 is 10.1 Å². The van der Waals surface area contributed by atoms with E-state index in [0.29, 0.717) is 11.6 Å². The molecule has 0 aromatic heterocycles. The van der Waals surface area contributed by atoms with Crippen molar-refractivity contribution in [3.63, 3.8) is 0 Å². The van der Waals surface area contributed by atoms with Crippen molar-refractivity contribution < 1.29 is 9.53 Å². The van der Waals surface area contributed by atoms with Gasteiger partial charge in [-0.2, -0.15) is 0 Å². The first kappa shape index (κ1) is 16.0. The molecule has 0 amide bonds. The Kier molecular flexibility index (Phi) is 6.24. The molecule has 1 N–H and O–H groups in total. The van der Waals surface area contributed by atoms with Gasteiger partial charge >= 0.3 is 5.97 Å². The third-order valence-electron chi connectivity index (χ3n) is 4.61. The molecule has 0 saturated heterocycles. The van der Waals surface area contributed by atoms with E-state index in [1.165, 1.54) is 51.2 Å². The highest BCUT2D eigenvalue weighted by Crippen LogP contribution is 2.25. The van der Waals surface area contributed by atoms with Crippen molar-refractivity contribution in [2.24, 2.45) is 5.92 Å². The maximum Gasteiger partial charge on any atom is 0.337 e. The molecule has 21 heavy (non-hydrogen) atoms. The highest BCUT2D eigenvalue weighted by Gasteiger charge is 2.18. The van der Waals surface area contributed by atoms with Crippen molar-refractivity contribution in [1.82, 2.24) is 5.32 Å². The lowest BCUT2D eigenvalue weighted by Gasteiger charge is -2.23. The number of methoxy groups -OCH3 is 1. The van der Waals surface area contributed by atoms with E-state index in [4.69, 9.17) is 4.74 Å². The van der Waals surface area contributed by atoms with Crippen LogP contribution < -0.4 is 5.32 Å². The Balaban J connectivity index is 1.82. The molecule has 1 aromatic rings. The second-order valence-electron chi connectivity index (χ2n) is 6.11. The Morgan fingerprint density at radius 1 is 1.19 bits per heavy atom. The SMILES string of the molecule is COC(=O)c1ccc(CN[C@H](C)C2CCCCCC2)cc1. The normalized spacial score (nSPS) is 18.0. The summed E-state index contributed by atoms with van der Waals surface area (Å²) in [7, 11) is 1.41. The quantitative estimate of drug-likeness (QED) is 0.659. The fourth-order valence-corrected chi connectivity index (χ4v) is 3.13. The van der Waals surface area contributed by atoms with Crippen LogP contribution in [0.3, 0.4) is 0 Å². The zero-order valence-electron chi connectivity index (χ0n) is 13.2. The van der Waals surface area contributed by atoms with Crippen LogP contribution in [0.4, 0.5) is 0 Å². The molecule has 0 radical (unpaired) electrons. The van der Waals surface area contributed by atoms with Crippen molar-refractivity contribution in [3.05, 3.63) is 35.4 Å². The number of nitrogens with one attached hydrogen (secondary N) is 1. The van der Waals surface area contributed by atoms with Gasteiger partial charge in [0, 0.05) is 12.6 Å². The highest BCUT2D eigenvalue weighted by molar-refractivity contribution is 5.89. The van der Waals surface area contributed by atoms with Gasteiger partial charge in [-0.3, -0.25) is 0 Å². The highest BCUT2D eigenvalue weighted by atomic mass is 16.5. The lowest BCUT2D eigenvalue weighted by Crippen LogP contribution is -2.32. The smallest absolute Gasteiger partial charge is 0.337 e. The number of benzene rings is 1. The summed E-state index contributed by atoms with van der Waals surface area (Å²) < 4.78 is 4.71. The summed E-state index contributed by atoms with van der Waals surface area (Å²) in [5.74, 6) is 0.531. The summed E-state index contributed by atoms with van der Waals surface area (Å²) in [6.07, 6.45) is 8.27. The van der Waals surface area contributed by atoms with E-state index in [9.17, 15) is 4.79 Å². The van der Waals surface area contributed by atoms with E-state index in [-0.39, 0.29) is 5.97 Å². The molecule has 1 aliphatic carbocycles. The van der Waals surface area contributed by atoms with Gasteiger partial charge in [0.2, 0.25) is 0 Å². The molecule has 1 aromatic carbocycles. The molecule has 0 bridgehead atoms. The van der Waals surface area contributed by atoms with Crippen molar-refractivity contribution in [2.75, 3.05) is 7.11 Å². The average Bonchev–Trinajstić information content (AvgIpc) is 2.81. The summed E-state index contributed by atoms with van der Waals surface area (Å²) in [4.78, 5) is 11.4. The number of hydrogen-bond acceptors (Lipinski definition) is 3. The van der Waals surface area contributed by atoms with E-state index in [1.807, 2.05) is 24.3 Å². The van der Waals surface area contributed by atoms with Gasteiger partial charge in [-0.15, -0.1) is 0 Å². The second-order valence-corrected chi connectivity index (χ2v) is 6.11. The van der Waals surface area contributed by atoms with Crippen molar-refractivity contribution >= 4 is 5.97 Å². The summed E-state index contributed by atoms with van der Waals surface area (Å²) in [6, 6.07) is 8.22. The molecule has 0 spiro atoms. The minimum Gasteiger partial charge on any atom is -0.465 e. The standard InChI is InChI=1S/C18H27NO2/c1-14(16-7-5-3-4-6-8-16)19-13-15-9-11-17(12-10-15)18(20)21-2/h9-12,14,16,19H,3-8,13H2,1-2H3/t14-/m1/s1. The fourth-order valence-electron chi connectivity index (χ4n) is 3.13. The average molecular weight is 289 g/mol. The second kappa shape index (κ2) is 8.18. The molecular formula is C18H27NO2. The maximum absolute atomic E-state index is 11.4. The van der Waals surface area contributed by atoms with Gasteiger partial charge in [0.15, 0.2) is 0 Å². The summed E-state index contributed by atoms with van der Waals surface area (Å²) in [6.45, 7) is 3.16. The maximum atomic E-state index is 11.4. The first-order chi connectivity index (χ1) is 10.2. The lowest BCUT2D eigenvalue weighted by atomic mass is 9.93. The third kappa shape index (κ3) is 4.85. The van der Waals surface area contributed by atoms with Gasteiger partial charge in [0.25, 0.3) is 0 Å². The Bertz CT molecular complexity index is 433. The first-order valence-corrected chi connectivity index (χ1v) is 8.11. The van der Waals surface area contributed by atoms with Gasteiger partial charge in [-0.1, -0.05) is 37.8 Å². The van der Waals surface area contributed by atoms with Gasteiger partial charge in [-0.25, -0.2) is 4.79 Å². The van der Waals surface area contributed by atoms with Crippen molar-refractivity contribution in [1.29, 1.82) is 0 Å². The zero-order chi connectivity index (χ0) is 15.1. The number of carbonyl (C=O) groups excluding carboxylic acids is 1. The van der Waals surface area contributed by atoms with Gasteiger partial charge in [0.1, 0.15) is 0 Å². The van der Waals surface area contributed by atoms with Crippen LogP contribution in [0, 0.1) is 5.92 Å². The predicted octanol–water partition coefficient (Wildman–Crippen LogP) is 3.92.